The molecular weight excluding hydrogens is 323 g/mol. The van der Waals surface area contributed by atoms with Gasteiger partial charge in [-0.3, -0.25) is 4.79 Å². The third-order valence-electron chi connectivity index (χ3n) is 2.84. The summed E-state index contributed by atoms with van der Waals surface area (Å²) in [5.41, 5.74) is 3.73. The number of nitrogens with two attached hydrogens (primary N) is 1. The zero-order chi connectivity index (χ0) is 17.2. The monoisotopic (exact) mass is 332 g/mol. The van der Waals surface area contributed by atoms with Crippen molar-refractivity contribution in [1.82, 2.24) is 15.3 Å². The zero-order valence-corrected chi connectivity index (χ0v) is 11.2. The van der Waals surface area contributed by atoms with Gasteiger partial charge >= 0.3 is 6.18 Å². The van der Waals surface area contributed by atoms with Crippen LogP contribution in [0.5, 0.6) is 0 Å². The third kappa shape index (κ3) is 3.52. The van der Waals surface area contributed by atoms with E-state index in [1.165, 1.54) is 0 Å². The van der Waals surface area contributed by atoms with Crippen molar-refractivity contribution < 1.29 is 26.7 Å². The van der Waals surface area contributed by atoms with E-state index in [1.54, 1.807) is 5.32 Å². The molecule has 3 N–H and O–H groups in total. The maximum absolute atomic E-state index is 13.6. The molecule has 0 saturated carbocycles. The number of nitrogens with one attached hydrogen (secondary N) is 1. The number of carbonyl (C=O) groups is 1. The average molecular weight is 332 g/mol. The number of amides is 1. The summed E-state index contributed by atoms with van der Waals surface area (Å²) in [7, 11) is 0. The standard InChI is InChI=1S/C13H9F5N4O/c14-7-3-1-2-6(8(7)15)10(13(16,17)18)22-12(23)9-11(19)21-5-4-20-9/h1-5,10H,(H2,19,21)(H,22,23)/t10-/m1/s1. The predicted octanol–water partition coefficient (Wildman–Crippen LogP) is 2.37. The molecule has 23 heavy (non-hydrogen) atoms. The van der Waals surface area contributed by atoms with E-state index in [9.17, 15) is 26.7 Å². The number of nitrogen functional groups attached to an aromatic ring is 1. The van der Waals surface area contributed by atoms with Crippen LogP contribution in [0.25, 0.3) is 0 Å². The summed E-state index contributed by atoms with van der Waals surface area (Å²) in [5.74, 6) is -4.89. The molecule has 1 aromatic carbocycles. The van der Waals surface area contributed by atoms with Gasteiger partial charge in [0.2, 0.25) is 0 Å². The van der Waals surface area contributed by atoms with Gasteiger partial charge in [0, 0.05) is 18.0 Å². The maximum Gasteiger partial charge on any atom is 0.412 e. The number of hydrogen-bond donors (Lipinski definition) is 2. The van der Waals surface area contributed by atoms with Gasteiger partial charge in [-0.25, -0.2) is 18.7 Å². The summed E-state index contributed by atoms with van der Waals surface area (Å²) in [5, 5.41) is 1.55. The van der Waals surface area contributed by atoms with Gasteiger partial charge in [-0.1, -0.05) is 12.1 Å². The number of anilines is 1. The van der Waals surface area contributed by atoms with Crippen LogP contribution in [0, 0.1) is 11.6 Å². The minimum absolute atomic E-state index is 0.398. The predicted molar refractivity (Wildman–Crippen MR) is 69.1 cm³/mol. The van der Waals surface area contributed by atoms with Gasteiger partial charge in [0.05, 0.1) is 0 Å². The fourth-order valence-corrected chi connectivity index (χ4v) is 1.80. The van der Waals surface area contributed by atoms with E-state index in [2.05, 4.69) is 9.97 Å². The number of hydrogen-bond acceptors (Lipinski definition) is 4. The molecule has 2 rings (SSSR count). The Kier molecular flexibility index (Phi) is 4.43. The number of benzene rings is 1. The van der Waals surface area contributed by atoms with Gasteiger partial charge in [0.25, 0.3) is 5.91 Å². The van der Waals surface area contributed by atoms with Crippen LogP contribution in [0.2, 0.25) is 0 Å². The van der Waals surface area contributed by atoms with E-state index in [4.69, 9.17) is 5.73 Å². The molecule has 0 aliphatic carbocycles. The fraction of sp³-hybridized carbons (Fsp3) is 0.154. The highest BCUT2D eigenvalue weighted by atomic mass is 19.4. The van der Waals surface area contributed by atoms with Crippen LogP contribution in [0.4, 0.5) is 27.8 Å². The molecule has 0 saturated heterocycles. The minimum atomic E-state index is -5.07. The van der Waals surface area contributed by atoms with Crippen molar-refractivity contribution in [2.75, 3.05) is 5.73 Å². The molecule has 1 atom stereocenters. The summed E-state index contributed by atoms with van der Waals surface area (Å²) in [6.45, 7) is 0. The summed E-state index contributed by atoms with van der Waals surface area (Å²) in [4.78, 5) is 18.9. The smallest absolute Gasteiger partial charge is 0.382 e. The first-order valence-electron chi connectivity index (χ1n) is 6.09. The van der Waals surface area contributed by atoms with Crippen LogP contribution in [0.15, 0.2) is 30.6 Å². The molecule has 122 valence electrons. The molecule has 0 bridgehead atoms. The SMILES string of the molecule is Nc1nccnc1C(=O)N[C@H](c1cccc(F)c1F)C(F)(F)F. The number of nitrogens with zero attached hydrogens (tertiary/aromatic N) is 2. The Labute approximate surface area is 126 Å². The van der Waals surface area contributed by atoms with E-state index in [1.807, 2.05) is 0 Å². The Morgan fingerprint density at radius 1 is 1.17 bits per heavy atom. The van der Waals surface area contributed by atoms with Gasteiger partial charge < -0.3 is 11.1 Å². The van der Waals surface area contributed by atoms with Crippen LogP contribution >= 0.6 is 0 Å². The van der Waals surface area contributed by atoms with Gasteiger partial charge in [0.1, 0.15) is 0 Å². The molecule has 1 heterocycles. The van der Waals surface area contributed by atoms with E-state index in [0.29, 0.717) is 6.07 Å². The third-order valence-corrected chi connectivity index (χ3v) is 2.84. The lowest BCUT2D eigenvalue weighted by molar-refractivity contribution is -0.155. The van der Waals surface area contributed by atoms with Crippen molar-refractivity contribution in [3.63, 3.8) is 0 Å². The highest BCUT2D eigenvalue weighted by Gasteiger charge is 2.44. The van der Waals surface area contributed by atoms with Crippen molar-refractivity contribution in [2.24, 2.45) is 0 Å². The molecule has 1 amide bonds. The molecule has 0 aliphatic heterocycles. The van der Waals surface area contributed by atoms with Crippen molar-refractivity contribution in [3.05, 3.63) is 53.5 Å². The largest absolute Gasteiger partial charge is 0.412 e. The van der Waals surface area contributed by atoms with Crippen molar-refractivity contribution in [1.29, 1.82) is 0 Å². The highest BCUT2D eigenvalue weighted by molar-refractivity contribution is 5.96. The van der Waals surface area contributed by atoms with E-state index in [0.717, 1.165) is 24.5 Å². The van der Waals surface area contributed by atoms with Gasteiger partial charge in [0.15, 0.2) is 29.2 Å². The number of aromatic nitrogens is 2. The number of carbonyl (C=O) groups excluding carboxylic acids is 1. The van der Waals surface area contributed by atoms with E-state index >= 15 is 0 Å². The molecule has 5 nitrogen and oxygen atoms in total. The Morgan fingerprint density at radius 3 is 2.43 bits per heavy atom. The Hall–Kier alpha value is -2.78. The Balaban J connectivity index is 2.40. The lowest BCUT2D eigenvalue weighted by Gasteiger charge is -2.22. The molecule has 10 heteroatoms. The summed E-state index contributed by atoms with van der Waals surface area (Å²) in [6.07, 6.45) is -2.88. The normalized spacial score (nSPS) is 12.7. The first kappa shape index (κ1) is 16.6. The number of rotatable bonds is 3. The molecule has 1 aromatic heterocycles. The highest BCUT2D eigenvalue weighted by Crippen LogP contribution is 2.34. The lowest BCUT2D eigenvalue weighted by atomic mass is 10.1. The van der Waals surface area contributed by atoms with Gasteiger partial charge in [-0.15, -0.1) is 0 Å². The summed E-state index contributed by atoms with van der Waals surface area (Å²) in [6, 6.07) is -0.492. The first-order valence-corrected chi connectivity index (χ1v) is 6.09. The topological polar surface area (TPSA) is 80.9 Å². The van der Waals surface area contributed by atoms with Crippen molar-refractivity contribution in [3.8, 4) is 0 Å². The molecule has 0 fully saturated rings. The summed E-state index contributed by atoms with van der Waals surface area (Å²) < 4.78 is 66.2. The average Bonchev–Trinajstić information content (AvgIpc) is 2.47. The van der Waals surface area contributed by atoms with Crippen LogP contribution in [-0.2, 0) is 0 Å². The van der Waals surface area contributed by atoms with Crippen molar-refractivity contribution >= 4 is 11.7 Å². The van der Waals surface area contributed by atoms with Crippen LogP contribution in [-0.4, -0.2) is 22.1 Å². The molecule has 0 spiro atoms. The molecule has 0 radical (unpaired) electrons. The van der Waals surface area contributed by atoms with E-state index < -0.39 is 46.8 Å². The quantitative estimate of drug-likeness (QED) is 0.846. The molecular formula is C13H9F5N4O. The molecule has 0 aliphatic rings. The summed E-state index contributed by atoms with van der Waals surface area (Å²) >= 11 is 0. The fourth-order valence-electron chi connectivity index (χ4n) is 1.80. The number of halogens is 5. The van der Waals surface area contributed by atoms with Crippen LogP contribution in [0.1, 0.15) is 22.1 Å². The Bertz CT molecular complexity index is 735. The second-order valence-electron chi connectivity index (χ2n) is 4.38. The van der Waals surface area contributed by atoms with Crippen LogP contribution in [0.3, 0.4) is 0 Å². The molecule has 2 aromatic rings. The second kappa shape index (κ2) is 6.15. The van der Waals surface area contributed by atoms with Crippen LogP contribution < -0.4 is 11.1 Å². The first-order chi connectivity index (χ1) is 10.7. The Morgan fingerprint density at radius 2 is 1.83 bits per heavy atom. The van der Waals surface area contributed by atoms with Gasteiger partial charge in [-0.05, 0) is 6.07 Å². The van der Waals surface area contributed by atoms with E-state index in [-0.39, 0.29) is 0 Å². The molecule has 0 unspecified atom stereocenters. The number of alkyl halides is 3. The maximum atomic E-state index is 13.6. The second-order valence-corrected chi connectivity index (χ2v) is 4.38. The lowest BCUT2D eigenvalue weighted by Crippen LogP contribution is -2.39. The van der Waals surface area contributed by atoms with Crippen molar-refractivity contribution in [2.45, 2.75) is 12.2 Å². The zero-order valence-electron chi connectivity index (χ0n) is 11.2. The van der Waals surface area contributed by atoms with Gasteiger partial charge in [-0.2, -0.15) is 13.2 Å². The minimum Gasteiger partial charge on any atom is -0.382 e.